The van der Waals surface area contributed by atoms with Crippen LogP contribution in [0.4, 0.5) is 13.2 Å². The van der Waals surface area contributed by atoms with E-state index in [2.05, 4.69) is 10.1 Å². The highest BCUT2D eigenvalue weighted by molar-refractivity contribution is 5.85. The molecule has 0 spiro atoms. The third kappa shape index (κ3) is 2.31. The Kier molecular flexibility index (Phi) is 2.77. The highest BCUT2D eigenvalue weighted by atomic mass is 19.4. The van der Waals surface area contributed by atoms with Crippen LogP contribution in [0.5, 0.6) is 0 Å². The number of rotatable bonds is 2. The van der Waals surface area contributed by atoms with Crippen LogP contribution in [0.15, 0.2) is 30.5 Å². The van der Waals surface area contributed by atoms with Crippen LogP contribution >= 0.6 is 0 Å². The Hall–Kier alpha value is -2.38. The van der Waals surface area contributed by atoms with E-state index < -0.39 is 17.8 Å². The predicted octanol–water partition coefficient (Wildman–Crippen LogP) is 1.98. The van der Waals surface area contributed by atoms with Crippen LogP contribution < -0.4 is 0 Å². The number of pyridine rings is 1. The molecule has 8 heteroatoms. The standard InChI is InChI=1S/C10H6F3N3O2/c11-10(12,13)7-2-1-3-8(14-7)16-5-4-6(15-16)9(17)18/h1-5H,(H,17,18). The molecule has 18 heavy (non-hydrogen) atoms. The molecule has 0 aliphatic rings. The monoisotopic (exact) mass is 257 g/mol. The first-order valence-corrected chi connectivity index (χ1v) is 4.71. The summed E-state index contributed by atoms with van der Waals surface area (Å²) in [5.41, 5.74) is -1.33. The number of aromatic carboxylic acids is 1. The van der Waals surface area contributed by atoms with E-state index in [4.69, 9.17) is 5.11 Å². The molecule has 0 unspecified atom stereocenters. The van der Waals surface area contributed by atoms with Gasteiger partial charge in [0.15, 0.2) is 11.5 Å². The summed E-state index contributed by atoms with van der Waals surface area (Å²) in [6, 6.07) is 4.47. The molecule has 0 aromatic carbocycles. The Morgan fingerprint density at radius 3 is 2.56 bits per heavy atom. The number of aromatic nitrogens is 3. The molecular formula is C10H6F3N3O2. The lowest BCUT2D eigenvalue weighted by atomic mass is 10.3. The molecule has 94 valence electrons. The van der Waals surface area contributed by atoms with Crippen molar-refractivity contribution in [1.82, 2.24) is 14.8 Å². The van der Waals surface area contributed by atoms with Crippen molar-refractivity contribution in [2.24, 2.45) is 0 Å². The first kappa shape index (κ1) is 12.1. The van der Waals surface area contributed by atoms with Gasteiger partial charge in [-0.15, -0.1) is 0 Å². The van der Waals surface area contributed by atoms with E-state index >= 15 is 0 Å². The molecule has 0 aliphatic carbocycles. The van der Waals surface area contributed by atoms with Gasteiger partial charge in [0, 0.05) is 6.20 Å². The van der Waals surface area contributed by atoms with E-state index in [1.54, 1.807) is 0 Å². The minimum atomic E-state index is -4.56. The number of alkyl halides is 3. The summed E-state index contributed by atoms with van der Waals surface area (Å²) < 4.78 is 38.3. The van der Waals surface area contributed by atoms with Crippen LogP contribution in [0.25, 0.3) is 5.82 Å². The van der Waals surface area contributed by atoms with Gasteiger partial charge < -0.3 is 5.11 Å². The minimum Gasteiger partial charge on any atom is -0.476 e. The molecule has 0 saturated heterocycles. The van der Waals surface area contributed by atoms with Crippen molar-refractivity contribution in [3.63, 3.8) is 0 Å². The molecule has 0 fully saturated rings. The van der Waals surface area contributed by atoms with E-state index in [0.29, 0.717) is 0 Å². The molecule has 0 bridgehead atoms. The fourth-order valence-corrected chi connectivity index (χ4v) is 1.27. The number of carboxylic acids is 1. The lowest BCUT2D eigenvalue weighted by molar-refractivity contribution is -0.141. The van der Waals surface area contributed by atoms with E-state index in [-0.39, 0.29) is 11.5 Å². The van der Waals surface area contributed by atoms with Crippen LogP contribution in [-0.4, -0.2) is 25.8 Å². The molecule has 2 aromatic heterocycles. The van der Waals surface area contributed by atoms with Crippen molar-refractivity contribution in [3.8, 4) is 5.82 Å². The average molecular weight is 257 g/mol. The molecule has 0 radical (unpaired) electrons. The van der Waals surface area contributed by atoms with Gasteiger partial charge >= 0.3 is 12.1 Å². The quantitative estimate of drug-likeness (QED) is 0.893. The summed E-state index contributed by atoms with van der Waals surface area (Å²) >= 11 is 0. The number of nitrogens with zero attached hydrogens (tertiary/aromatic N) is 3. The molecule has 0 amide bonds. The third-order valence-corrected chi connectivity index (χ3v) is 2.07. The summed E-state index contributed by atoms with van der Waals surface area (Å²) in [6.07, 6.45) is -3.33. The Balaban J connectivity index is 2.41. The molecule has 2 aromatic rings. The Morgan fingerprint density at radius 1 is 1.28 bits per heavy atom. The second kappa shape index (κ2) is 4.13. The molecular weight excluding hydrogens is 251 g/mol. The summed E-state index contributed by atoms with van der Waals surface area (Å²) in [7, 11) is 0. The second-order valence-electron chi connectivity index (χ2n) is 3.33. The van der Waals surface area contributed by atoms with Crippen LogP contribution in [0, 0.1) is 0 Å². The molecule has 2 rings (SSSR count). The van der Waals surface area contributed by atoms with Gasteiger partial charge in [-0.05, 0) is 18.2 Å². The zero-order valence-electron chi connectivity index (χ0n) is 8.72. The molecule has 2 heterocycles. The average Bonchev–Trinajstić information content (AvgIpc) is 2.77. The summed E-state index contributed by atoms with van der Waals surface area (Å²) in [4.78, 5) is 14.0. The second-order valence-corrected chi connectivity index (χ2v) is 3.33. The predicted molar refractivity (Wildman–Crippen MR) is 53.3 cm³/mol. The maximum absolute atomic E-state index is 12.4. The molecule has 0 atom stereocenters. The van der Waals surface area contributed by atoms with Gasteiger partial charge in [-0.1, -0.05) is 6.07 Å². The molecule has 0 saturated carbocycles. The van der Waals surface area contributed by atoms with Gasteiger partial charge in [0.25, 0.3) is 0 Å². The molecule has 1 N–H and O–H groups in total. The van der Waals surface area contributed by atoms with E-state index in [0.717, 1.165) is 10.7 Å². The van der Waals surface area contributed by atoms with E-state index in [9.17, 15) is 18.0 Å². The number of carbonyl (C=O) groups is 1. The highest BCUT2D eigenvalue weighted by Gasteiger charge is 2.32. The Morgan fingerprint density at radius 2 is 2.00 bits per heavy atom. The van der Waals surface area contributed by atoms with Crippen LogP contribution in [0.1, 0.15) is 16.2 Å². The van der Waals surface area contributed by atoms with Crippen molar-refractivity contribution >= 4 is 5.97 Å². The lowest BCUT2D eigenvalue weighted by Gasteiger charge is -2.07. The minimum absolute atomic E-state index is 0.0997. The van der Waals surface area contributed by atoms with Gasteiger partial charge in [0.1, 0.15) is 5.69 Å². The maximum Gasteiger partial charge on any atom is 0.433 e. The Bertz CT molecular complexity index is 592. The van der Waals surface area contributed by atoms with Gasteiger partial charge in [-0.2, -0.15) is 18.3 Å². The molecule has 5 nitrogen and oxygen atoms in total. The zero-order chi connectivity index (χ0) is 13.3. The number of hydrogen-bond acceptors (Lipinski definition) is 3. The fourth-order valence-electron chi connectivity index (χ4n) is 1.27. The Labute approximate surface area is 98.5 Å². The van der Waals surface area contributed by atoms with Crippen LogP contribution in [0.3, 0.4) is 0 Å². The fraction of sp³-hybridized carbons (Fsp3) is 0.100. The van der Waals surface area contributed by atoms with Gasteiger partial charge in [-0.25, -0.2) is 14.5 Å². The number of carboxylic acid groups (broad SMARTS) is 1. The molecule has 0 aliphatic heterocycles. The van der Waals surface area contributed by atoms with Gasteiger partial charge in [0.05, 0.1) is 0 Å². The van der Waals surface area contributed by atoms with Crippen molar-refractivity contribution in [3.05, 3.63) is 41.9 Å². The van der Waals surface area contributed by atoms with Crippen molar-refractivity contribution in [2.75, 3.05) is 0 Å². The SMILES string of the molecule is O=C(O)c1ccn(-c2cccc(C(F)(F)F)n2)n1. The summed E-state index contributed by atoms with van der Waals surface area (Å²) in [5, 5.41) is 12.2. The first-order chi connectivity index (χ1) is 8.38. The lowest BCUT2D eigenvalue weighted by Crippen LogP contribution is -2.10. The van der Waals surface area contributed by atoms with Crippen molar-refractivity contribution < 1.29 is 23.1 Å². The third-order valence-electron chi connectivity index (χ3n) is 2.07. The summed E-state index contributed by atoms with van der Waals surface area (Å²) in [6.45, 7) is 0. The van der Waals surface area contributed by atoms with E-state index in [1.165, 1.54) is 24.4 Å². The normalized spacial score (nSPS) is 11.5. The largest absolute Gasteiger partial charge is 0.476 e. The smallest absolute Gasteiger partial charge is 0.433 e. The topological polar surface area (TPSA) is 68.0 Å². The summed E-state index contributed by atoms with van der Waals surface area (Å²) in [5.74, 6) is -1.36. The van der Waals surface area contributed by atoms with Crippen molar-refractivity contribution in [2.45, 2.75) is 6.18 Å². The zero-order valence-corrected chi connectivity index (χ0v) is 8.72. The van der Waals surface area contributed by atoms with Crippen molar-refractivity contribution in [1.29, 1.82) is 0 Å². The van der Waals surface area contributed by atoms with Crippen LogP contribution in [-0.2, 0) is 6.18 Å². The van der Waals surface area contributed by atoms with Gasteiger partial charge in [-0.3, -0.25) is 0 Å². The highest BCUT2D eigenvalue weighted by Crippen LogP contribution is 2.27. The first-order valence-electron chi connectivity index (χ1n) is 4.71. The van der Waals surface area contributed by atoms with E-state index in [1.807, 2.05) is 0 Å². The number of hydrogen-bond donors (Lipinski definition) is 1. The maximum atomic E-state index is 12.4. The van der Waals surface area contributed by atoms with Crippen LogP contribution in [0.2, 0.25) is 0 Å². The van der Waals surface area contributed by atoms with Gasteiger partial charge in [0.2, 0.25) is 0 Å². The number of halogens is 3.